The summed E-state index contributed by atoms with van der Waals surface area (Å²) in [6.07, 6.45) is 2.97. The van der Waals surface area contributed by atoms with Crippen LogP contribution in [-0.4, -0.2) is 13.4 Å². The minimum absolute atomic E-state index is 0.198. The number of nitrogen functional groups attached to an aromatic ring is 1. The molecule has 1 aromatic carbocycles. The van der Waals surface area contributed by atoms with Crippen molar-refractivity contribution in [2.45, 2.75) is 4.90 Å². The SMILES string of the molecule is Nc1ccc(NS(=O)(=O)c2cc[nH]c2)cc1. The molecule has 0 saturated heterocycles. The molecule has 84 valence electrons. The zero-order valence-corrected chi connectivity index (χ0v) is 9.16. The van der Waals surface area contributed by atoms with Gasteiger partial charge in [-0.25, -0.2) is 8.42 Å². The van der Waals surface area contributed by atoms with Crippen molar-refractivity contribution in [2.75, 3.05) is 10.5 Å². The molecule has 0 amide bonds. The van der Waals surface area contributed by atoms with Crippen LogP contribution in [0.2, 0.25) is 0 Å². The zero-order chi connectivity index (χ0) is 11.6. The summed E-state index contributed by atoms with van der Waals surface area (Å²) in [4.78, 5) is 2.89. The third-order valence-electron chi connectivity index (χ3n) is 2.04. The van der Waals surface area contributed by atoms with Gasteiger partial charge >= 0.3 is 0 Å². The molecule has 2 rings (SSSR count). The molecule has 0 aliphatic carbocycles. The molecule has 16 heavy (non-hydrogen) atoms. The second-order valence-electron chi connectivity index (χ2n) is 3.27. The van der Waals surface area contributed by atoms with Crippen LogP contribution in [0.15, 0.2) is 47.6 Å². The van der Waals surface area contributed by atoms with E-state index in [9.17, 15) is 8.42 Å². The molecule has 0 bridgehead atoms. The molecule has 1 heterocycles. The zero-order valence-electron chi connectivity index (χ0n) is 8.34. The van der Waals surface area contributed by atoms with Crippen molar-refractivity contribution in [3.05, 3.63) is 42.7 Å². The maximum atomic E-state index is 11.8. The molecule has 0 unspecified atom stereocenters. The lowest BCUT2D eigenvalue weighted by molar-refractivity contribution is 0.601. The van der Waals surface area contributed by atoms with E-state index in [2.05, 4.69) is 9.71 Å². The van der Waals surface area contributed by atoms with E-state index in [0.717, 1.165) is 0 Å². The van der Waals surface area contributed by atoms with Gasteiger partial charge in [0.05, 0.1) is 0 Å². The molecule has 0 aliphatic heterocycles. The van der Waals surface area contributed by atoms with Gasteiger partial charge < -0.3 is 10.7 Å². The molecule has 2 aromatic rings. The van der Waals surface area contributed by atoms with E-state index in [1.165, 1.54) is 12.3 Å². The van der Waals surface area contributed by atoms with E-state index < -0.39 is 10.0 Å². The van der Waals surface area contributed by atoms with Crippen LogP contribution in [0.25, 0.3) is 0 Å². The Labute approximate surface area is 93.3 Å². The first-order valence-corrected chi connectivity index (χ1v) is 6.07. The Hall–Kier alpha value is -1.95. The summed E-state index contributed by atoms with van der Waals surface area (Å²) in [6.45, 7) is 0. The average molecular weight is 237 g/mol. The highest BCUT2D eigenvalue weighted by Crippen LogP contribution is 2.16. The topological polar surface area (TPSA) is 88.0 Å². The average Bonchev–Trinajstić information content (AvgIpc) is 2.75. The Kier molecular flexibility index (Phi) is 2.57. The Morgan fingerprint density at radius 2 is 1.81 bits per heavy atom. The van der Waals surface area contributed by atoms with E-state index in [-0.39, 0.29) is 4.90 Å². The first-order chi connectivity index (χ1) is 7.58. The Morgan fingerprint density at radius 3 is 2.38 bits per heavy atom. The summed E-state index contributed by atoms with van der Waals surface area (Å²) in [5.41, 5.74) is 6.57. The van der Waals surface area contributed by atoms with Gasteiger partial charge in [0.15, 0.2) is 0 Å². The molecule has 0 aliphatic rings. The van der Waals surface area contributed by atoms with Gasteiger partial charge in [-0.1, -0.05) is 0 Å². The predicted molar refractivity (Wildman–Crippen MR) is 62.5 cm³/mol. The second-order valence-corrected chi connectivity index (χ2v) is 4.96. The molecular formula is C10H11N3O2S. The molecule has 4 N–H and O–H groups in total. The van der Waals surface area contributed by atoms with Crippen LogP contribution in [0.3, 0.4) is 0 Å². The van der Waals surface area contributed by atoms with E-state index in [4.69, 9.17) is 5.73 Å². The molecular weight excluding hydrogens is 226 g/mol. The van der Waals surface area contributed by atoms with E-state index >= 15 is 0 Å². The number of hydrogen-bond acceptors (Lipinski definition) is 3. The summed E-state index contributed by atoms with van der Waals surface area (Å²) in [5.74, 6) is 0. The summed E-state index contributed by atoms with van der Waals surface area (Å²) in [6, 6.07) is 7.97. The van der Waals surface area contributed by atoms with Crippen molar-refractivity contribution in [3.63, 3.8) is 0 Å². The lowest BCUT2D eigenvalue weighted by Crippen LogP contribution is -2.11. The minimum Gasteiger partial charge on any atom is -0.399 e. The molecule has 0 radical (unpaired) electrons. The number of nitrogens with one attached hydrogen (secondary N) is 2. The highest BCUT2D eigenvalue weighted by molar-refractivity contribution is 7.92. The number of H-pyrrole nitrogens is 1. The summed E-state index contributed by atoms with van der Waals surface area (Å²) in [7, 11) is -3.50. The predicted octanol–water partition coefficient (Wildman–Crippen LogP) is 1.40. The van der Waals surface area contributed by atoms with Gasteiger partial charge in [-0.15, -0.1) is 0 Å². The summed E-state index contributed by atoms with van der Waals surface area (Å²) >= 11 is 0. The van der Waals surface area contributed by atoms with Gasteiger partial charge in [0.1, 0.15) is 4.90 Å². The van der Waals surface area contributed by atoms with Crippen LogP contribution in [0.4, 0.5) is 11.4 Å². The Balaban J connectivity index is 2.25. The number of anilines is 2. The minimum atomic E-state index is -3.50. The lowest BCUT2D eigenvalue weighted by atomic mass is 10.3. The van der Waals surface area contributed by atoms with Crippen molar-refractivity contribution < 1.29 is 8.42 Å². The number of rotatable bonds is 3. The number of benzene rings is 1. The van der Waals surface area contributed by atoms with Crippen LogP contribution in [0.1, 0.15) is 0 Å². The Morgan fingerprint density at radius 1 is 1.12 bits per heavy atom. The van der Waals surface area contributed by atoms with Gasteiger partial charge in [-0.2, -0.15) is 0 Å². The largest absolute Gasteiger partial charge is 0.399 e. The lowest BCUT2D eigenvalue weighted by Gasteiger charge is -2.06. The van der Waals surface area contributed by atoms with Crippen LogP contribution in [0, 0.1) is 0 Å². The van der Waals surface area contributed by atoms with E-state index in [0.29, 0.717) is 11.4 Å². The first kappa shape index (κ1) is 10.6. The highest BCUT2D eigenvalue weighted by atomic mass is 32.2. The third-order valence-corrected chi connectivity index (χ3v) is 3.42. The molecule has 0 spiro atoms. The van der Waals surface area contributed by atoms with Crippen molar-refractivity contribution in [3.8, 4) is 0 Å². The molecule has 0 atom stereocenters. The monoisotopic (exact) mass is 237 g/mol. The third kappa shape index (κ3) is 2.17. The molecule has 0 fully saturated rings. The van der Waals surface area contributed by atoms with Gasteiger partial charge in [0.25, 0.3) is 10.0 Å². The van der Waals surface area contributed by atoms with Crippen LogP contribution < -0.4 is 10.5 Å². The normalized spacial score (nSPS) is 11.2. The number of nitrogens with two attached hydrogens (primary N) is 1. The number of hydrogen-bond donors (Lipinski definition) is 3. The first-order valence-electron chi connectivity index (χ1n) is 4.59. The summed E-state index contributed by atoms with van der Waals surface area (Å²) < 4.78 is 26.0. The van der Waals surface area contributed by atoms with E-state index in [1.807, 2.05) is 0 Å². The smallest absolute Gasteiger partial charge is 0.263 e. The Bertz CT molecular complexity index is 559. The highest BCUT2D eigenvalue weighted by Gasteiger charge is 2.13. The van der Waals surface area contributed by atoms with E-state index in [1.54, 1.807) is 30.5 Å². The maximum absolute atomic E-state index is 11.8. The van der Waals surface area contributed by atoms with Crippen molar-refractivity contribution >= 4 is 21.4 Å². The number of aromatic nitrogens is 1. The quantitative estimate of drug-likeness (QED) is 0.705. The maximum Gasteiger partial charge on any atom is 0.263 e. The fraction of sp³-hybridized carbons (Fsp3) is 0. The molecule has 5 nitrogen and oxygen atoms in total. The van der Waals surface area contributed by atoms with Crippen LogP contribution in [-0.2, 0) is 10.0 Å². The molecule has 6 heteroatoms. The van der Waals surface area contributed by atoms with Gasteiger partial charge in [-0.3, -0.25) is 4.72 Å². The van der Waals surface area contributed by atoms with Gasteiger partial charge in [0.2, 0.25) is 0 Å². The van der Waals surface area contributed by atoms with Gasteiger partial charge in [0, 0.05) is 23.8 Å². The fourth-order valence-corrected chi connectivity index (χ4v) is 2.28. The van der Waals surface area contributed by atoms with Crippen molar-refractivity contribution in [2.24, 2.45) is 0 Å². The number of aromatic amines is 1. The summed E-state index contributed by atoms with van der Waals surface area (Å²) in [5, 5.41) is 0. The second kappa shape index (κ2) is 3.90. The molecule has 0 saturated carbocycles. The standard InChI is InChI=1S/C10H11N3O2S/c11-8-1-3-9(4-2-8)13-16(14,15)10-5-6-12-7-10/h1-7,12-13H,11H2. The van der Waals surface area contributed by atoms with Crippen LogP contribution in [0.5, 0.6) is 0 Å². The van der Waals surface area contributed by atoms with Crippen LogP contribution >= 0.6 is 0 Å². The molecule has 1 aromatic heterocycles. The van der Waals surface area contributed by atoms with Crippen molar-refractivity contribution in [1.29, 1.82) is 0 Å². The van der Waals surface area contributed by atoms with Gasteiger partial charge in [-0.05, 0) is 30.3 Å². The number of sulfonamides is 1. The van der Waals surface area contributed by atoms with Crippen molar-refractivity contribution in [1.82, 2.24) is 4.98 Å². The fourth-order valence-electron chi connectivity index (χ4n) is 1.24.